The van der Waals surface area contributed by atoms with E-state index in [1.165, 1.54) is 0 Å². The molecule has 1 fully saturated rings. The number of carbonyl (C=O) groups is 1. The van der Waals surface area contributed by atoms with Gasteiger partial charge in [-0.2, -0.15) is 0 Å². The number of hydrogen-bond acceptors (Lipinski definition) is 4. The third-order valence-corrected chi connectivity index (χ3v) is 5.16. The molecule has 30 heavy (non-hydrogen) atoms. The zero-order chi connectivity index (χ0) is 20.8. The zero-order valence-corrected chi connectivity index (χ0v) is 16.8. The Morgan fingerprint density at radius 1 is 0.900 bits per heavy atom. The molecule has 2 aromatic carbocycles. The molecule has 0 aliphatic carbocycles. The molecule has 1 saturated heterocycles. The van der Waals surface area contributed by atoms with E-state index in [-0.39, 0.29) is 11.5 Å². The number of morpholine rings is 1. The van der Waals surface area contributed by atoms with E-state index in [1.807, 2.05) is 54.6 Å². The predicted octanol–water partition coefficient (Wildman–Crippen LogP) is 2.98. The molecule has 1 aliphatic rings. The number of hydrogen-bond donors (Lipinski definition) is 1. The molecule has 4 rings (SSSR count). The van der Waals surface area contributed by atoms with Gasteiger partial charge in [-0.15, -0.1) is 0 Å². The minimum absolute atomic E-state index is 0.0353. The molecule has 1 N–H and O–H groups in total. The number of aromatic nitrogens is 1. The van der Waals surface area contributed by atoms with E-state index < -0.39 is 0 Å². The summed E-state index contributed by atoms with van der Waals surface area (Å²) in [6, 6.07) is 20.4. The summed E-state index contributed by atoms with van der Waals surface area (Å²) in [4.78, 5) is 26.9. The summed E-state index contributed by atoms with van der Waals surface area (Å²) in [7, 11) is 0. The van der Waals surface area contributed by atoms with E-state index in [1.54, 1.807) is 22.9 Å². The van der Waals surface area contributed by atoms with Crippen molar-refractivity contribution in [2.75, 3.05) is 31.6 Å². The van der Waals surface area contributed by atoms with Crippen LogP contribution in [0.2, 0.25) is 0 Å². The lowest BCUT2D eigenvalue weighted by molar-refractivity contribution is 0.0342. The molecule has 1 aliphatic heterocycles. The first-order chi connectivity index (χ1) is 14.7. The molecule has 0 bridgehead atoms. The van der Waals surface area contributed by atoms with Crippen LogP contribution in [0.5, 0.6) is 0 Å². The second kappa shape index (κ2) is 9.52. The molecule has 0 radical (unpaired) electrons. The molecular formula is C24H25N3O3. The second-order valence-electron chi connectivity index (χ2n) is 7.41. The highest BCUT2D eigenvalue weighted by atomic mass is 16.5. The fourth-order valence-electron chi connectivity index (χ4n) is 3.51. The van der Waals surface area contributed by atoms with Gasteiger partial charge in [0.15, 0.2) is 0 Å². The average molecular weight is 403 g/mol. The lowest BCUT2D eigenvalue weighted by Crippen LogP contribution is -2.35. The van der Waals surface area contributed by atoms with Crippen molar-refractivity contribution in [2.24, 2.45) is 0 Å². The summed E-state index contributed by atoms with van der Waals surface area (Å²) in [5, 5.41) is 2.95. The number of nitrogens with zero attached hydrogens (tertiary/aromatic N) is 2. The number of nitrogens with one attached hydrogen (secondary N) is 1. The van der Waals surface area contributed by atoms with Crippen molar-refractivity contribution in [3.05, 3.63) is 100.0 Å². The quantitative estimate of drug-likeness (QED) is 0.687. The van der Waals surface area contributed by atoms with E-state index in [9.17, 15) is 9.59 Å². The van der Waals surface area contributed by atoms with Crippen LogP contribution < -0.4 is 10.9 Å². The van der Waals surface area contributed by atoms with Crippen LogP contribution in [0, 0.1) is 0 Å². The van der Waals surface area contributed by atoms with Crippen LogP contribution in [0.25, 0.3) is 0 Å². The maximum absolute atomic E-state index is 12.7. The molecular weight excluding hydrogens is 378 g/mol. The number of ether oxygens (including phenoxy) is 1. The van der Waals surface area contributed by atoms with Gasteiger partial charge in [0.2, 0.25) is 0 Å². The Kier molecular flexibility index (Phi) is 6.37. The Labute approximate surface area is 175 Å². The highest BCUT2D eigenvalue weighted by Gasteiger charge is 2.12. The smallest absolute Gasteiger partial charge is 0.255 e. The van der Waals surface area contributed by atoms with Crippen LogP contribution in [0.4, 0.5) is 5.69 Å². The van der Waals surface area contributed by atoms with E-state index >= 15 is 0 Å². The van der Waals surface area contributed by atoms with Gasteiger partial charge in [-0.1, -0.05) is 30.3 Å². The minimum atomic E-state index is -0.133. The van der Waals surface area contributed by atoms with Gasteiger partial charge in [0.1, 0.15) is 0 Å². The maximum Gasteiger partial charge on any atom is 0.255 e. The fraction of sp³-hybridized carbons (Fsp3) is 0.250. The van der Waals surface area contributed by atoms with Gasteiger partial charge in [-0.05, 0) is 41.5 Å². The van der Waals surface area contributed by atoms with Crippen molar-refractivity contribution < 1.29 is 9.53 Å². The van der Waals surface area contributed by atoms with Crippen LogP contribution in [0.1, 0.15) is 21.5 Å². The van der Waals surface area contributed by atoms with Crippen molar-refractivity contribution in [1.82, 2.24) is 9.47 Å². The first-order valence-corrected chi connectivity index (χ1v) is 10.1. The zero-order valence-electron chi connectivity index (χ0n) is 16.8. The summed E-state index contributed by atoms with van der Waals surface area (Å²) < 4.78 is 7.04. The van der Waals surface area contributed by atoms with E-state index in [0.29, 0.717) is 12.1 Å². The van der Waals surface area contributed by atoms with Gasteiger partial charge < -0.3 is 14.6 Å². The Morgan fingerprint density at radius 3 is 2.47 bits per heavy atom. The van der Waals surface area contributed by atoms with E-state index in [4.69, 9.17) is 4.74 Å². The molecule has 154 valence electrons. The molecule has 3 aromatic rings. The van der Waals surface area contributed by atoms with Gasteiger partial charge in [-0.3, -0.25) is 14.5 Å². The van der Waals surface area contributed by atoms with Crippen molar-refractivity contribution in [3.8, 4) is 0 Å². The van der Waals surface area contributed by atoms with Gasteiger partial charge in [0.25, 0.3) is 11.5 Å². The summed E-state index contributed by atoms with van der Waals surface area (Å²) >= 11 is 0. The van der Waals surface area contributed by atoms with Crippen LogP contribution in [0.15, 0.2) is 77.7 Å². The molecule has 0 spiro atoms. The third kappa shape index (κ3) is 5.23. The molecule has 0 atom stereocenters. The third-order valence-electron chi connectivity index (χ3n) is 5.16. The predicted molar refractivity (Wildman–Crippen MR) is 117 cm³/mol. The van der Waals surface area contributed by atoms with Crippen LogP contribution in [0.3, 0.4) is 0 Å². The molecule has 6 heteroatoms. The maximum atomic E-state index is 12.7. The average Bonchev–Trinajstić information content (AvgIpc) is 2.77. The molecule has 0 saturated carbocycles. The fourth-order valence-corrected chi connectivity index (χ4v) is 3.51. The lowest BCUT2D eigenvalue weighted by Gasteiger charge is -2.26. The molecule has 1 aromatic heterocycles. The standard InChI is InChI=1S/C24H25N3O3/c28-23-6-1-2-11-27(23)18-19-7-9-22(10-8-19)25-24(29)21-5-3-4-20(16-21)17-26-12-14-30-15-13-26/h1-11,16H,12-15,17-18H2,(H,25,29). The Hall–Kier alpha value is -3.22. The summed E-state index contributed by atoms with van der Waals surface area (Å²) in [5.74, 6) is -0.133. The molecule has 2 heterocycles. The summed E-state index contributed by atoms with van der Waals surface area (Å²) in [5.41, 5.74) is 3.44. The van der Waals surface area contributed by atoms with Crippen LogP contribution >= 0.6 is 0 Å². The monoisotopic (exact) mass is 403 g/mol. The second-order valence-corrected chi connectivity index (χ2v) is 7.41. The Bertz CT molecular complexity index is 1050. The Balaban J connectivity index is 1.38. The first-order valence-electron chi connectivity index (χ1n) is 10.1. The highest BCUT2D eigenvalue weighted by molar-refractivity contribution is 6.04. The van der Waals surface area contributed by atoms with Gasteiger partial charge >= 0.3 is 0 Å². The van der Waals surface area contributed by atoms with Crippen LogP contribution in [-0.4, -0.2) is 41.7 Å². The number of pyridine rings is 1. The van der Waals surface area contributed by atoms with Gasteiger partial charge in [0.05, 0.1) is 19.8 Å². The van der Waals surface area contributed by atoms with Crippen molar-refractivity contribution >= 4 is 11.6 Å². The van der Waals surface area contributed by atoms with Gasteiger partial charge in [0, 0.05) is 43.1 Å². The largest absolute Gasteiger partial charge is 0.379 e. The minimum Gasteiger partial charge on any atom is -0.379 e. The lowest BCUT2D eigenvalue weighted by atomic mass is 10.1. The number of rotatable bonds is 6. The number of amides is 1. The first kappa shape index (κ1) is 20.1. The van der Waals surface area contributed by atoms with E-state index in [2.05, 4.69) is 10.2 Å². The summed E-state index contributed by atoms with van der Waals surface area (Å²) in [6.45, 7) is 4.66. The Morgan fingerprint density at radius 2 is 1.70 bits per heavy atom. The highest BCUT2D eigenvalue weighted by Crippen LogP contribution is 2.14. The van der Waals surface area contributed by atoms with Crippen molar-refractivity contribution in [3.63, 3.8) is 0 Å². The van der Waals surface area contributed by atoms with Crippen molar-refractivity contribution in [2.45, 2.75) is 13.1 Å². The SMILES string of the molecule is O=C(Nc1ccc(Cn2ccccc2=O)cc1)c1cccc(CN2CCOCC2)c1. The van der Waals surface area contributed by atoms with Crippen molar-refractivity contribution in [1.29, 1.82) is 0 Å². The number of carbonyl (C=O) groups excluding carboxylic acids is 1. The topological polar surface area (TPSA) is 63.6 Å². The van der Waals surface area contributed by atoms with Gasteiger partial charge in [-0.25, -0.2) is 0 Å². The summed E-state index contributed by atoms with van der Waals surface area (Å²) in [6.07, 6.45) is 1.77. The van der Waals surface area contributed by atoms with E-state index in [0.717, 1.165) is 49.7 Å². The molecule has 0 unspecified atom stereocenters. The normalized spacial score (nSPS) is 14.4. The molecule has 1 amide bonds. The number of benzene rings is 2. The van der Waals surface area contributed by atoms with Crippen LogP contribution in [-0.2, 0) is 17.8 Å². The number of anilines is 1. The molecule has 6 nitrogen and oxygen atoms in total.